The Bertz CT molecular complexity index is 237. The van der Waals surface area contributed by atoms with Gasteiger partial charge in [0.1, 0.15) is 0 Å². The summed E-state index contributed by atoms with van der Waals surface area (Å²) in [7, 11) is 1.83. The van der Waals surface area contributed by atoms with E-state index in [1.807, 2.05) is 7.11 Å². The predicted molar refractivity (Wildman–Crippen MR) is 82.3 cm³/mol. The summed E-state index contributed by atoms with van der Waals surface area (Å²) in [6, 6.07) is 0.576. The molecule has 1 aliphatic carbocycles. The monoisotopic (exact) mass is 270 g/mol. The molecule has 0 aromatic carbocycles. The van der Waals surface area contributed by atoms with Gasteiger partial charge in [0, 0.05) is 13.2 Å². The minimum absolute atomic E-state index is 0.377. The first-order valence-electron chi connectivity index (χ1n) is 7.95. The van der Waals surface area contributed by atoms with E-state index in [0.717, 1.165) is 25.4 Å². The number of hydrogen-bond donors (Lipinski definition) is 2. The van der Waals surface area contributed by atoms with Gasteiger partial charge < -0.3 is 15.8 Å². The quantitative estimate of drug-likeness (QED) is 0.667. The van der Waals surface area contributed by atoms with Crippen molar-refractivity contribution in [3.8, 4) is 0 Å². The first-order chi connectivity index (χ1) is 8.99. The van der Waals surface area contributed by atoms with Gasteiger partial charge in [-0.15, -0.1) is 0 Å². The zero-order chi connectivity index (χ0) is 14.3. The number of nitrogens with one attached hydrogen (secondary N) is 1. The van der Waals surface area contributed by atoms with Crippen molar-refractivity contribution in [2.45, 2.75) is 71.4 Å². The molecule has 1 aliphatic rings. The third kappa shape index (κ3) is 5.80. The molecule has 1 saturated carbocycles. The Balaban J connectivity index is 2.21. The number of nitrogens with two attached hydrogens (primary N) is 1. The molecule has 3 heteroatoms. The molecule has 3 N–H and O–H groups in total. The largest absolute Gasteiger partial charge is 0.380 e. The van der Waals surface area contributed by atoms with Crippen LogP contribution in [0.3, 0.4) is 0 Å². The van der Waals surface area contributed by atoms with E-state index in [9.17, 15) is 0 Å². The lowest BCUT2D eigenvalue weighted by atomic mass is 9.76. The van der Waals surface area contributed by atoms with E-state index < -0.39 is 0 Å². The van der Waals surface area contributed by atoms with Crippen molar-refractivity contribution in [3.63, 3.8) is 0 Å². The van der Waals surface area contributed by atoms with Crippen LogP contribution in [0.15, 0.2) is 0 Å². The molecule has 3 unspecified atom stereocenters. The van der Waals surface area contributed by atoms with Gasteiger partial charge >= 0.3 is 0 Å². The smallest absolute Gasteiger partial charge is 0.0724 e. The highest BCUT2D eigenvalue weighted by molar-refractivity contribution is 4.84. The molecule has 1 rings (SSSR count). The van der Waals surface area contributed by atoms with Gasteiger partial charge in [-0.1, -0.05) is 20.8 Å². The Morgan fingerprint density at radius 2 is 2.00 bits per heavy atom. The Kier molecular flexibility index (Phi) is 7.33. The summed E-state index contributed by atoms with van der Waals surface area (Å²) in [4.78, 5) is 0. The number of hydrogen-bond acceptors (Lipinski definition) is 3. The van der Waals surface area contributed by atoms with Crippen LogP contribution in [-0.4, -0.2) is 32.3 Å². The Morgan fingerprint density at radius 3 is 2.58 bits per heavy atom. The van der Waals surface area contributed by atoms with E-state index in [2.05, 4.69) is 26.1 Å². The second-order valence-corrected chi connectivity index (χ2v) is 7.05. The number of rotatable bonds is 8. The summed E-state index contributed by atoms with van der Waals surface area (Å²) >= 11 is 0. The van der Waals surface area contributed by atoms with Crippen molar-refractivity contribution >= 4 is 0 Å². The third-order valence-electron chi connectivity index (χ3n) is 4.63. The van der Waals surface area contributed by atoms with E-state index in [-0.39, 0.29) is 0 Å². The second kappa shape index (κ2) is 8.23. The molecular weight excluding hydrogens is 236 g/mol. The summed E-state index contributed by atoms with van der Waals surface area (Å²) in [6.45, 7) is 8.92. The van der Waals surface area contributed by atoms with Crippen LogP contribution in [0.5, 0.6) is 0 Å². The number of methoxy groups -OCH3 is 1. The zero-order valence-electron chi connectivity index (χ0n) is 13.4. The van der Waals surface area contributed by atoms with Crippen LogP contribution in [0, 0.1) is 11.3 Å². The summed E-state index contributed by atoms with van der Waals surface area (Å²) in [5.74, 6) is 0.737. The molecule has 114 valence electrons. The van der Waals surface area contributed by atoms with E-state index in [1.165, 1.54) is 32.1 Å². The fourth-order valence-corrected chi connectivity index (χ4v) is 3.29. The highest BCUT2D eigenvalue weighted by Crippen LogP contribution is 2.32. The van der Waals surface area contributed by atoms with Crippen molar-refractivity contribution in [2.24, 2.45) is 17.1 Å². The van der Waals surface area contributed by atoms with Crippen LogP contribution >= 0.6 is 0 Å². The van der Waals surface area contributed by atoms with Gasteiger partial charge in [0.25, 0.3) is 0 Å². The summed E-state index contributed by atoms with van der Waals surface area (Å²) < 4.78 is 5.52. The summed E-state index contributed by atoms with van der Waals surface area (Å²) in [6.07, 6.45) is 7.88. The van der Waals surface area contributed by atoms with Crippen LogP contribution in [0.4, 0.5) is 0 Å². The van der Waals surface area contributed by atoms with Gasteiger partial charge in [-0.25, -0.2) is 0 Å². The Hall–Kier alpha value is -0.120. The van der Waals surface area contributed by atoms with Gasteiger partial charge in [0.15, 0.2) is 0 Å². The minimum atomic E-state index is 0.377. The van der Waals surface area contributed by atoms with E-state index in [4.69, 9.17) is 10.5 Å². The molecule has 3 atom stereocenters. The first kappa shape index (κ1) is 16.9. The van der Waals surface area contributed by atoms with Crippen molar-refractivity contribution in [3.05, 3.63) is 0 Å². The van der Waals surface area contributed by atoms with Crippen molar-refractivity contribution < 1.29 is 4.74 Å². The lowest BCUT2D eigenvalue weighted by Crippen LogP contribution is -2.37. The predicted octanol–water partition coefficient (Wildman–Crippen LogP) is 2.93. The maximum atomic E-state index is 5.73. The average molecular weight is 270 g/mol. The maximum absolute atomic E-state index is 5.73. The van der Waals surface area contributed by atoms with Gasteiger partial charge in [-0.3, -0.25) is 0 Å². The Morgan fingerprint density at radius 1 is 1.26 bits per heavy atom. The highest BCUT2D eigenvalue weighted by atomic mass is 16.5. The SMILES string of the molecule is COC1CCCC1NCCCC(CCN)C(C)(C)C. The van der Waals surface area contributed by atoms with Gasteiger partial charge in [0.05, 0.1) is 6.10 Å². The highest BCUT2D eigenvalue weighted by Gasteiger charge is 2.27. The van der Waals surface area contributed by atoms with Gasteiger partial charge in [-0.05, 0) is 62.9 Å². The van der Waals surface area contributed by atoms with Crippen LogP contribution in [0.1, 0.15) is 59.3 Å². The third-order valence-corrected chi connectivity index (χ3v) is 4.63. The second-order valence-electron chi connectivity index (χ2n) is 7.05. The molecule has 19 heavy (non-hydrogen) atoms. The standard InChI is InChI=1S/C16H34N2O/c1-16(2,3)13(10-11-17)7-6-12-18-14-8-5-9-15(14)19-4/h13-15,18H,5-12,17H2,1-4H3. The lowest BCUT2D eigenvalue weighted by molar-refractivity contribution is 0.0847. The van der Waals surface area contributed by atoms with E-state index >= 15 is 0 Å². The molecule has 0 heterocycles. The maximum Gasteiger partial charge on any atom is 0.0724 e. The fraction of sp³-hybridized carbons (Fsp3) is 1.00. The summed E-state index contributed by atoms with van der Waals surface area (Å²) in [5, 5.41) is 3.68. The topological polar surface area (TPSA) is 47.3 Å². The molecular formula is C16H34N2O. The molecule has 0 amide bonds. The molecule has 0 aromatic heterocycles. The molecule has 1 fully saturated rings. The fourth-order valence-electron chi connectivity index (χ4n) is 3.29. The summed E-state index contributed by atoms with van der Waals surface area (Å²) in [5.41, 5.74) is 6.11. The minimum Gasteiger partial charge on any atom is -0.380 e. The number of ether oxygens (including phenoxy) is 1. The molecule has 0 radical (unpaired) electrons. The van der Waals surface area contributed by atoms with E-state index in [0.29, 0.717) is 17.6 Å². The normalized spacial score (nSPS) is 25.7. The van der Waals surface area contributed by atoms with Crippen molar-refractivity contribution in [1.82, 2.24) is 5.32 Å². The zero-order valence-corrected chi connectivity index (χ0v) is 13.4. The molecule has 0 aromatic rings. The van der Waals surface area contributed by atoms with Crippen molar-refractivity contribution in [1.29, 1.82) is 0 Å². The molecule has 0 bridgehead atoms. The van der Waals surface area contributed by atoms with Gasteiger partial charge in [-0.2, -0.15) is 0 Å². The van der Waals surface area contributed by atoms with Crippen molar-refractivity contribution in [2.75, 3.05) is 20.2 Å². The van der Waals surface area contributed by atoms with Crippen LogP contribution in [0.25, 0.3) is 0 Å². The van der Waals surface area contributed by atoms with Crippen LogP contribution in [-0.2, 0) is 4.74 Å². The van der Waals surface area contributed by atoms with Crippen LogP contribution < -0.4 is 11.1 Å². The van der Waals surface area contributed by atoms with Crippen LogP contribution in [0.2, 0.25) is 0 Å². The molecule has 0 spiro atoms. The molecule has 0 saturated heterocycles. The Labute approximate surface area is 119 Å². The molecule has 0 aliphatic heterocycles. The first-order valence-corrected chi connectivity index (χ1v) is 7.95. The lowest BCUT2D eigenvalue weighted by Gasteiger charge is -2.31. The molecule has 3 nitrogen and oxygen atoms in total. The van der Waals surface area contributed by atoms with Gasteiger partial charge in [0.2, 0.25) is 0 Å². The average Bonchev–Trinajstić information content (AvgIpc) is 2.79. The van der Waals surface area contributed by atoms with E-state index in [1.54, 1.807) is 0 Å².